The molecule has 1 amide bonds. The number of likely N-dealkylation sites (tertiary alicyclic amines) is 1. The molecule has 1 aliphatic rings. The summed E-state index contributed by atoms with van der Waals surface area (Å²) in [5, 5.41) is 0. The number of piperidine rings is 1. The van der Waals surface area contributed by atoms with Crippen molar-refractivity contribution in [2.75, 3.05) is 19.6 Å². The maximum atomic E-state index is 11.1. The van der Waals surface area contributed by atoms with Gasteiger partial charge in [0.2, 0.25) is 5.91 Å². The van der Waals surface area contributed by atoms with Gasteiger partial charge in [-0.3, -0.25) is 19.2 Å². The molecule has 1 atom stereocenters. The number of nitrogens with two attached hydrogens (primary N) is 1. The lowest BCUT2D eigenvalue weighted by Gasteiger charge is -2.31. The zero-order valence-corrected chi connectivity index (χ0v) is 11.7. The highest BCUT2D eigenvalue weighted by Gasteiger charge is 2.23. The summed E-state index contributed by atoms with van der Waals surface area (Å²) < 4.78 is 1.83. The number of carbonyl (C=O) groups is 1. The molecule has 21 heavy (non-hydrogen) atoms. The van der Waals surface area contributed by atoms with E-state index >= 15 is 0 Å². The van der Waals surface area contributed by atoms with Crippen LogP contribution in [0.1, 0.15) is 24.5 Å². The van der Waals surface area contributed by atoms with Gasteiger partial charge in [0.15, 0.2) is 5.82 Å². The van der Waals surface area contributed by atoms with Gasteiger partial charge in [-0.05, 0) is 19.4 Å². The minimum atomic E-state index is -0.283. The van der Waals surface area contributed by atoms with Crippen LogP contribution in [0, 0.1) is 0 Å². The molecular weight excluding hydrogens is 268 g/mol. The van der Waals surface area contributed by atoms with Crippen LogP contribution in [0.5, 0.6) is 0 Å². The fourth-order valence-corrected chi connectivity index (χ4v) is 2.75. The van der Waals surface area contributed by atoms with E-state index in [0.29, 0.717) is 6.54 Å². The van der Waals surface area contributed by atoms with Gasteiger partial charge in [0.1, 0.15) is 6.33 Å². The number of amides is 1. The standard InChI is InChI=1S/C14H18N6O/c15-13(21)9-19-4-1-2-11(8-19)12-6-17-7-14(18-12)20-5-3-16-10-20/h3,5-7,10-11H,1-2,4,8-9H2,(H2,15,21)/t11-/m1/s1. The first-order valence-electron chi connectivity index (χ1n) is 7.03. The lowest BCUT2D eigenvalue weighted by atomic mass is 9.95. The van der Waals surface area contributed by atoms with Gasteiger partial charge in [0.05, 0.1) is 18.4 Å². The molecule has 0 spiro atoms. The molecule has 110 valence electrons. The van der Waals surface area contributed by atoms with Crippen LogP contribution in [0.2, 0.25) is 0 Å². The third-order valence-electron chi connectivity index (χ3n) is 3.71. The number of hydrogen-bond acceptors (Lipinski definition) is 5. The number of carbonyl (C=O) groups excluding carboxylic acids is 1. The van der Waals surface area contributed by atoms with E-state index in [0.717, 1.165) is 37.4 Å². The highest BCUT2D eigenvalue weighted by molar-refractivity contribution is 5.75. The fraction of sp³-hybridized carbons (Fsp3) is 0.429. The van der Waals surface area contributed by atoms with Crippen LogP contribution in [0.3, 0.4) is 0 Å². The first-order chi connectivity index (χ1) is 10.2. The van der Waals surface area contributed by atoms with Gasteiger partial charge in [0.25, 0.3) is 0 Å². The largest absolute Gasteiger partial charge is 0.369 e. The van der Waals surface area contributed by atoms with Gasteiger partial charge >= 0.3 is 0 Å². The second-order valence-electron chi connectivity index (χ2n) is 5.31. The van der Waals surface area contributed by atoms with E-state index < -0.39 is 0 Å². The number of aromatic nitrogens is 4. The quantitative estimate of drug-likeness (QED) is 0.874. The SMILES string of the molecule is NC(=O)CN1CCC[C@@H](c2cncc(-n3ccnc3)n2)C1. The van der Waals surface area contributed by atoms with Crippen LogP contribution in [0.25, 0.3) is 5.82 Å². The summed E-state index contributed by atoms with van der Waals surface area (Å²) in [6, 6.07) is 0. The minimum absolute atomic E-state index is 0.283. The normalized spacial score (nSPS) is 19.5. The number of hydrogen-bond donors (Lipinski definition) is 1. The van der Waals surface area contributed by atoms with Gasteiger partial charge in [-0.2, -0.15) is 0 Å². The second kappa shape index (κ2) is 6.01. The lowest BCUT2D eigenvalue weighted by molar-refractivity contribution is -0.119. The third-order valence-corrected chi connectivity index (χ3v) is 3.71. The van der Waals surface area contributed by atoms with Crippen molar-refractivity contribution < 1.29 is 4.79 Å². The molecule has 0 saturated carbocycles. The summed E-state index contributed by atoms with van der Waals surface area (Å²) in [5.41, 5.74) is 6.23. The number of nitrogens with zero attached hydrogens (tertiary/aromatic N) is 5. The van der Waals surface area contributed by atoms with Gasteiger partial charge in [-0.15, -0.1) is 0 Å². The highest BCUT2D eigenvalue weighted by Crippen LogP contribution is 2.25. The molecule has 2 N–H and O–H groups in total. The highest BCUT2D eigenvalue weighted by atomic mass is 16.1. The van der Waals surface area contributed by atoms with E-state index in [2.05, 4.69) is 19.9 Å². The summed E-state index contributed by atoms with van der Waals surface area (Å²) in [6.45, 7) is 2.02. The summed E-state index contributed by atoms with van der Waals surface area (Å²) >= 11 is 0. The minimum Gasteiger partial charge on any atom is -0.369 e. The molecule has 3 heterocycles. The Morgan fingerprint density at radius 3 is 3.05 bits per heavy atom. The van der Waals surface area contributed by atoms with Crippen molar-refractivity contribution in [3.8, 4) is 5.82 Å². The number of primary amides is 1. The molecule has 3 rings (SSSR count). The van der Waals surface area contributed by atoms with Crippen molar-refractivity contribution in [2.24, 2.45) is 5.73 Å². The Kier molecular flexibility index (Phi) is 3.92. The molecule has 0 radical (unpaired) electrons. The molecule has 1 saturated heterocycles. The zero-order chi connectivity index (χ0) is 14.7. The molecule has 0 unspecified atom stereocenters. The Morgan fingerprint density at radius 2 is 2.29 bits per heavy atom. The van der Waals surface area contributed by atoms with Crippen LogP contribution in [-0.2, 0) is 4.79 Å². The van der Waals surface area contributed by atoms with E-state index in [1.165, 1.54) is 0 Å². The van der Waals surface area contributed by atoms with E-state index in [4.69, 9.17) is 5.73 Å². The monoisotopic (exact) mass is 286 g/mol. The predicted molar refractivity (Wildman–Crippen MR) is 76.8 cm³/mol. The molecule has 0 aromatic carbocycles. The van der Waals surface area contributed by atoms with Crippen LogP contribution in [0.15, 0.2) is 31.1 Å². The Morgan fingerprint density at radius 1 is 1.38 bits per heavy atom. The average molecular weight is 286 g/mol. The van der Waals surface area contributed by atoms with E-state index in [-0.39, 0.29) is 11.8 Å². The summed E-state index contributed by atoms with van der Waals surface area (Å²) in [6.07, 6.45) is 10.9. The third kappa shape index (κ3) is 3.25. The molecule has 0 aliphatic carbocycles. The smallest absolute Gasteiger partial charge is 0.231 e. The van der Waals surface area contributed by atoms with Crippen molar-refractivity contribution in [3.63, 3.8) is 0 Å². The molecule has 7 nitrogen and oxygen atoms in total. The Labute approximate surface area is 122 Å². The molecular formula is C14H18N6O. The fourth-order valence-electron chi connectivity index (χ4n) is 2.75. The Hall–Kier alpha value is -2.28. The average Bonchev–Trinajstić information content (AvgIpc) is 3.01. The van der Waals surface area contributed by atoms with Crippen molar-refractivity contribution in [1.82, 2.24) is 24.4 Å². The molecule has 2 aromatic rings. The molecule has 1 fully saturated rings. The van der Waals surface area contributed by atoms with Gasteiger partial charge in [-0.1, -0.05) is 0 Å². The van der Waals surface area contributed by atoms with E-state index in [9.17, 15) is 4.79 Å². The zero-order valence-electron chi connectivity index (χ0n) is 11.7. The lowest BCUT2D eigenvalue weighted by Crippen LogP contribution is -2.40. The summed E-state index contributed by atoms with van der Waals surface area (Å²) in [5.74, 6) is 0.764. The second-order valence-corrected chi connectivity index (χ2v) is 5.31. The van der Waals surface area contributed by atoms with Gasteiger partial charge in [-0.25, -0.2) is 9.97 Å². The molecule has 1 aliphatic heterocycles. The van der Waals surface area contributed by atoms with Crippen molar-refractivity contribution in [2.45, 2.75) is 18.8 Å². The van der Waals surface area contributed by atoms with E-state index in [1.54, 1.807) is 24.9 Å². The number of rotatable bonds is 4. The Bertz CT molecular complexity index is 612. The molecule has 0 bridgehead atoms. The maximum absolute atomic E-state index is 11.1. The van der Waals surface area contributed by atoms with Crippen molar-refractivity contribution >= 4 is 5.91 Å². The molecule has 2 aromatic heterocycles. The van der Waals surface area contributed by atoms with Gasteiger partial charge in [0, 0.05) is 31.1 Å². The van der Waals surface area contributed by atoms with Crippen LogP contribution in [-0.4, -0.2) is 50.0 Å². The topological polar surface area (TPSA) is 89.9 Å². The van der Waals surface area contributed by atoms with Crippen molar-refractivity contribution in [1.29, 1.82) is 0 Å². The maximum Gasteiger partial charge on any atom is 0.231 e. The predicted octanol–water partition coefficient (Wildman–Crippen LogP) is 0.327. The summed E-state index contributed by atoms with van der Waals surface area (Å²) in [7, 11) is 0. The van der Waals surface area contributed by atoms with Crippen molar-refractivity contribution in [3.05, 3.63) is 36.8 Å². The first-order valence-corrected chi connectivity index (χ1v) is 7.03. The Balaban J connectivity index is 1.77. The van der Waals surface area contributed by atoms with Crippen LogP contribution in [0.4, 0.5) is 0 Å². The van der Waals surface area contributed by atoms with Gasteiger partial charge < -0.3 is 5.73 Å². The van der Waals surface area contributed by atoms with E-state index in [1.807, 2.05) is 10.8 Å². The summed E-state index contributed by atoms with van der Waals surface area (Å²) in [4.78, 5) is 26.1. The number of imidazole rings is 1. The van der Waals surface area contributed by atoms with Crippen LogP contribution < -0.4 is 5.73 Å². The van der Waals surface area contributed by atoms with Crippen LogP contribution >= 0.6 is 0 Å². The first kappa shape index (κ1) is 13.7. The molecule has 7 heteroatoms.